The number of aromatic nitrogens is 2. The lowest BCUT2D eigenvalue weighted by atomic mass is 10.2. The Kier molecular flexibility index (Phi) is 3.40. The molecule has 2 atom stereocenters. The average molecular weight is 328 g/mol. The molecule has 1 aromatic heterocycles. The van der Waals surface area contributed by atoms with Crippen LogP contribution in [-0.2, 0) is 14.8 Å². The summed E-state index contributed by atoms with van der Waals surface area (Å²) in [5.74, 6) is -1.53. The molecular weight excluding hydrogens is 318 g/mol. The normalized spacial score (nSPS) is 23.7. The molecule has 1 aromatic carbocycles. The first-order valence-electron chi connectivity index (χ1n) is 6.03. The minimum Gasteiger partial charge on any atom is -0.548 e. The van der Waals surface area contributed by atoms with E-state index in [2.05, 4.69) is 8.75 Å². The molecule has 0 bridgehead atoms. The van der Waals surface area contributed by atoms with Gasteiger partial charge in [-0.2, -0.15) is 13.1 Å². The molecule has 10 heteroatoms. The molecule has 1 fully saturated rings. The van der Waals surface area contributed by atoms with Crippen molar-refractivity contribution < 1.29 is 23.4 Å². The molecule has 2 heterocycles. The van der Waals surface area contributed by atoms with Crippen LogP contribution in [0.4, 0.5) is 0 Å². The predicted molar refractivity (Wildman–Crippen MR) is 70.7 cm³/mol. The average Bonchev–Trinajstić information content (AvgIpc) is 3.03. The van der Waals surface area contributed by atoms with Crippen molar-refractivity contribution >= 4 is 38.8 Å². The molecule has 0 aliphatic carbocycles. The van der Waals surface area contributed by atoms with Crippen molar-refractivity contribution in [1.82, 2.24) is 13.1 Å². The van der Waals surface area contributed by atoms with Crippen LogP contribution in [0.1, 0.15) is 6.42 Å². The quantitative estimate of drug-likeness (QED) is 0.732. The van der Waals surface area contributed by atoms with Gasteiger partial charge in [0.1, 0.15) is 15.9 Å². The molecule has 0 radical (unpaired) electrons. The van der Waals surface area contributed by atoms with Crippen molar-refractivity contribution in [3.63, 3.8) is 0 Å². The Labute approximate surface area is 124 Å². The van der Waals surface area contributed by atoms with Crippen molar-refractivity contribution in [1.29, 1.82) is 0 Å². The van der Waals surface area contributed by atoms with Gasteiger partial charge >= 0.3 is 0 Å². The second-order valence-electron chi connectivity index (χ2n) is 4.69. The van der Waals surface area contributed by atoms with Crippen LogP contribution in [0.25, 0.3) is 11.0 Å². The zero-order valence-corrected chi connectivity index (χ0v) is 12.2. The monoisotopic (exact) mass is 328 g/mol. The zero-order valence-electron chi connectivity index (χ0n) is 10.5. The summed E-state index contributed by atoms with van der Waals surface area (Å²) in [6.45, 7) is -0.283. The van der Waals surface area contributed by atoms with Gasteiger partial charge in [0.25, 0.3) is 0 Å². The van der Waals surface area contributed by atoms with E-state index in [9.17, 15) is 23.4 Å². The number of β-amino-alcohol motifs (C(OH)–C–C–N with tert-alkyl or cyclic N) is 1. The van der Waals surface area contributed by atoms with Gasteiger partial charge in [-0.1, -0.05) is 6.07 Å². The number of carbonyl (C=O) groups excluding carboxylic acids is 1. The summed E-state index contributed by atoms with van der Waals surface area (Å²) in [7, 11) is -4.11. The maximum Gasteiger partial charge on any atom is 0.246 e. The van der Waals surface area contributed by atoms with Crippen LogP contribution >= 0.6 is 11.7 Å². The topological polar surface area (TPSA) is 124 Å². The first-order chi connectivity index (χ1) is 9.91. The SMILES string of the molecule is O=C([O-])C1CC(O)CN1S(=O)(=O)c1cccc2nsnc12. The second-order valence-corrected chi connectivity index (χ2v) is 7.07. The van der Waals surface area contributed by atoms with E-state index in [1.807, 2.05) is 0 Å². The summed E-state index contributed by atoms with van der Waals surface area (Å²) < 4.78 is 34.0. The highest BCUT2D eigenvalue weighted by atomic mass is 32.2. The van der Waals surface area contributed by atoms with Crippen molar-refractivity contribution in [3.05, 3.63) is 18.2 Å². The number of nitrogens with zero attached hydrogens (tertiary/aromatic N) is 3. The Hall–Kier alpha value is -1.62. The van der Waals surface area contributed by atoms with Gasteiger partial charge in [-0.3, -0.25) is 0 Å². The Morgan fingerprint density at radius 1 is 1.43 bits per heavy atom. The number of aliphatic hydroxyl groups is 1. The lowest BCUT2D eigenvalue weighted by Gasteiger charge is -2.24. The number of hydrogen-bond acceptors (Lipinski definition) is 8. The Morgan fingerprint density at radius 3 is 2.90 bits per heavy atom. The van der Waals surface area contributed by atoms with E-state index in [0.29, 0.717) is 5.52 Å². The molecule has 0 amide bonds. The highest BCUT2D eigenvalue weighted by Gasteiger charge is 2.41. The van der Waals surface area contributed by atoms with Crippen molar-refractivity contribution in [2.45, 2.75) is 23.5 Å². The molecular formula is C11H10N3O5S2-. The number of carboxylic acid groups (broad SMARTS) is 1. The number of aliphatic carboxylic acids is 1. The Balaban J connectivity index is 2.12. The van der Waals surface area contributed by atoms with E-state index in [4.69, 9.17) is 0 Å². The maximum atomic E-state index is 12.7. The van der Waals surface area contributed by atoms with E-state index in [-0.39, 0.29) is 23.4 Å². The number of sulfonamides is 1. The van der Waals surface area contributed by atoms with Crippen LogP contribution in [0, 0.1) is 0 Å². The standard InChI is InChI=1S/C11H11N3O5S2/c15-6-4-8(11(16)17)14(5-6)21(18,19)9-3-1-2-7-10(9)13-20-12-7/h1-3,6,8,15H,4-5H2,(H,16,17)/p-1. The molecule has 21 heavy (non-hydrogen) atoms. The van der Waals surface area contributed by atoms with E-state index >= 15 is 0 Å². The lowest BCUT2D eigenvalue weighted by Crippen LogP contribution is -2.46. The zero-order chi connectivity index (χ0) is 15.2. The molecule has 0 spiro atoms. The van der Waals surface area contributed by atoms with Gasteiger partial charge in [0.15, 0.2) is 0 Å². The van der Waals surface area contributed by atoms with Crippen molar-refractivity contribution in [2.24, 2.45) is 0 Å². The summed E-state index contributed by atoms with van der Waals surface area (Å²) in [5, 5.41) is 20.7. The van der Waals surface area contributed by atoms with Crippen LogP contribution in [0.15, 0.2) is 23.1 Å². The van der Waals surface area contributed by atoms with Crippen LogP contribution < -0.4 is 5.11 Å². The highest BCUT2D eigenvalue weighted by Crippen LogP contribution is 2.29. The van der Waals surface area contributed by atoms with Crippen LogP contribution in [-0.4, -0.2) is 51.2 Å². The van der Waals surface area contributed by atoms with Gasteiger partial charge in [-0.15, -0.1) is 0 Å². The molecule has 2 unspecified atom stereocenters. The molecule has 1 N–H and O–H groups in total. The summed E-state index contributed by atoms with van der Waals surface area (Å²) in [6, 6.07) is 3.09. The predicted octanol–water partition coefficient (Wildman–Crippen LogP) is -1.43. The van der Waals surface area contributed by atoms with Gasteiger partial charge in [-0.05, 0) is 18.6 Å². The van der Waals surface area contributed by atoms with E-state index in [1.54, 1.807) is 6.07 Å². The minimum absolute atomic E-state index is 0.117. The number of fused-ring (bicyclic) bond motifs is 1. The fourth-order valence-electron chi connectivity index (χ4n) is 2.38. The summed E-state index contributed by atoms with van der Waals surface area (Å²) >= 11 is 0.872. The molecule has 2 aromatic rings. The number of benzene rings is 1. The summed E-state index contributed by atoms with van der Waals surface area (Å²) in [4.78, 5) is 11.0. The fraction of sp³-hybridized carbons (Fsp3) is 0.364. The van der Waals surface area contributed by atoms with Crippen LogP contribution in [0.3, 0.4) is 0 Å². The molecule has 1 saturated heterocycles. The summed E-state index contributed by atoms with van der Waals surface area (Å²) in [5.41, 5.74) is 0.617. The molecule has 1 aliphatic heterocycles. The number of hydrogen-bond donors (Lipinski definition) is 1. The first-order valence-corrected chi connectivity index (χ1v) is 8.20. The van der Waals surface area contributed by atoms with Gasteiger partial charge < -0.3 is 15.0 Å². The molecule has 112 valence electrons. The highest BCUT2D eigenvalue weighted by molar-refractivity contribution is 7.89. The number of rotatable bonds is 3. The van der Waals surface area contributed by atoms with Crippen LogP contribution in [0.2, 0.25) is 0 Å². The maximum absolute atomic E-state index is 12.7. The van der Waals surface area contributed by atoms with Crippen molar-refractivity contribution in [3.8, 4) is 0 Å². The van der Waals surface area contributed by atoms with Gasteiger partial charge in [0.05, 0.1) is 29.8 Å². The van der Waals surface area contributed by atoms with Crippen molar-refractivity contribution in [2.75, 3.05) is 6.54 Å². The lowest BCUT2D eigenvalue weighted by molar-refractivity contribution is -0.309. The van der Waals surface area contributed by atoms with Gasteiger partial charge in [0, 0.05) is 6.54 Å². The van der Waals surface area contributed by atoms with E-state index in [0.717, 1.165) is 16.0 Å². The third-order valence-corrected chi connectivity index (χ3v) is 5.79. The minimum atomic E-state index is -4.11. The largest absolute Gasteiger partial charge is 0.548 e. The smallest absolute Gasteiger partial charge is 0.246 e. The molecule has 1 aliphatic rings. The number of aliphatic hydroxyl groups excluding tert-OH is 1. The van der Waals surface area contributed by atoms with Crippen LogP contribution in [0.5, 0.6) is 0 Å². The number of carboxylic acids is 1. The Morgan fingerprint density at radius 2 is 2.19 bits per heavy atom. The Bertz CT molecular complexity index is 803. The fourth-order valence-corrected chi connectivity index (χ4v) is 4.76. The van der Waals surface area contributed by atoms with E-state index < -0.39 is 28.1 Å². The van der Waals surface area contributed by atoms with Gasteiger partial charge in [-0.25, -0.2) is 8.42 Å². The number of carbonyl (C=O) groups is 1. The third kappa shape index (κ3) is 2.29. The first kappa shape index (κ1) is 14.3. The van der Waals surface area contributed by atoms with Gasteiger partial charge in [0.2, 0.25) is 10.0 Å². The second kappa shape index (κ2) is 4.98. The van der Waals surface area contributed by atoms with E-state index in [1.165, 1.54) is 12.1 Å². The summed E-state index contributed by atoms with van der Waals surface area (Å²) in [6.07, 6.45) is -1.22. The molecule has 8 nitrogen and oxygen atoms in total. The molecule has 0 saturated carbocycles. The third-order valence-electron chi connectivity index (χ3n) is 3.34. The molecule has 3 rings (SSSR count).